The topological polar surface area (TPSA) is 26.6 Å². The summed E-state index contributed by atoms with van der Waals surface area (Å²) >= 11 is 0. The van der Waals surface area contributed by atoms with Gasteiger partial charge in [-0.1, -0.05) is 6.07 Å². The summed E-state index contributed by atoms with van der Waals surface area (Å²) in [5.74, 6) is 0.769. The van der Waals surface area contributed by atoms with Gasteiger partial charge in [0.15, 0.2) is 6.23 Å². The number of halogens is 3. The van der Waals surface area contributed by atoms with Crippen LogP contribution in [-0.2, 0) is 10.9 Å². The molecule has 0 aliphatic carbocycles. The maximum atomic E-state index is 12.8. The molecule has 4 rings (SSSR count). The fraction of sp³-hybridized carbons (Fsp3) is 0.238. The molecule has 1 aliphatic heterocycles. The lowest BCUT2D eigenvalue weighted by Gasteiger charge is -2.25. The number of anilines is 1. The van der Waals surface area contributed by atoms with Crippen LogP contribution in [-0.4, -0.2) is 24.8 Å². The molecule has 4 nitrogen and oxygen atoms in total. The van der Waals surface area contributed by atoms with E-state index < -0.39 is 11.7 Å². The molecule has 2 aromatic carbocycles. The van der Waals surface area contributed by atoms with E-state index in [4.69, 9.17) is 9.47 Å². The summed E-state index contributed by atoms with van der Waals surface area (Å²) in [6.07, 6.45) is -0.896. The Balaban J connectivity index is 1.58. The molecule has 1 fully saturated rings. The van der Waals surface area contributed by atoms with E-state index >= 15 is 0 Å². The second kappa shape index (κ2) is 7.24. The quantitative estimate of drug-likeness (QED) is 0.627. The molecule has 0 spiro atoms. The van der Waals surface area contributed by atoms with Gasteiger partial charge in [-0.25, -0.2) is 0 Å². The van der Waals surface area contributed by atoms with E-state index in [1.165, 1.54) is 12.1 Å². The van der Waals surface area contributed by atoms with Crippen molar-refractivity contribution < 1.29 is 22.6 Å². The second-order valence-electron chi connectivity index (χ2n) is 6.51. The van der Waals surface area contributed by atoms with Crippen LogP contribution in [0.1, 0.15) is 17.4 Å². The number of hydrogen-bond donors (Lipinski definition) is 0. The molecule has 28 heavy (non-hydrogen) atoms. The van der Waals surface area contributed by atoms with Crippen LogP contribution in [0, 0.1) is 0 Å². The predicted molar refractivity (Wildman–Crippen MR) is 99.8 cm³/mol. The van der Waals surface area contributed by atoms with Crippen LogP contribution in [0.4, 0.5) is 18.9 Å². The van der Waals surface area contributed by atoms with Gasteiger partial charge in [0.2, 0.25) is 0 Å². The zero-order valence-corrected chi connectivity index (χ0v) is 15.2. The predicted octanol–water partition coefficient (Wildman–Crippen LogP) is 5.04. The summed E-state index contributed by atoms with van der Waals surface area (Å²) < 4.78 is 51.3. The van der Waals surface area contributed by atoms with Gasteiger partial charge in [-0.2, -0.15) is 13.2 Å². The fourth-order valence-electron chi connectivity index (χ4n) is 3.34. The van der Waals surface area contributed by atoms with Gasteiger partial charge < -0.3 is 18.9 Å². The highest BCUT2D eigenvalue weighted by atomic mass is 19.4. The lowest BCUT2D eigenvalue weighted by Crippen LogP contribution is -2.22. The Labute approximate surface area is 160 Å². The fourth-order valence-corrected chi connectivity index (χ4v) is 3.34. The summed E-state index contributed by atoms with van der Waals surface area (Å²) in [4.78, 5) is 2.13. The molecule has 3 aromatic rings. The van der Waals surface area contributed by atoms with Crippen molar-refractivity contribution in [1.82, 2.24) is 4.57 Å². The number of ether oxygens (including phenoxy) is 2. The molecule has 1 aromatic heterocycles. The van der Waals surface area contributed by atoms with Crippen LogP contribution in [0.2, 0.25) is 0 Å². The Bertz CT molecular complexity index is 951. The second-order valence-corrected chi connectivity index (χ2v) is 6.51. The highest BCUT2D eigenvalue weighted by molar-refractivity contribution is 5.53. The molecule has 0 unspecified atom stereocenters. The molecule has 0 radical (unpaired) electrons. The minimum Gasteiger partial charge on any atom is -0.497 e. The van der Waals surface area contributed by atoms with Crippen LogP contribution in [0.5, 0.6) is 5.75 Å². The Morgan fingerprint density at radius 1 is 1.04 bits per heavy atom. The first-order valence-electron chi connectivity index (χ1n) is 8.83. The molecule has 0 saturated carbocycles. The number of methoxy groups -OCH3 is 1. The van der Waals surface area contributed by atoms with Gasteiger partial charge in [0, 0.05) is 41.9 Å². The molecule has 0 bridgehead atoms. The van der Waals surface area contributed by atoms with Gasteiger partial charge in [-0.05, 0) is 42.5 Å². The van der Waals surface area contributed by atoms with Crippen molar-refractivity contribution in [3.8, 4) is 11.4 Å². The third-order valence-corrected chi connectivity index (χ3v) is 4.77. The van der Waals surface area contributed by atoms with Gasteiger partial charge in [0.05, 0.1) is 19.3 Å². The van der Waals surface area contributed by atoms with Crippen LogP contribution in [0.15, 0.2) is 67.0 Å². The molecule has 2 heterocycles. The molecular weight excluding hydrogens is 369 g/mol. The van der Waals surface area contributed by atoms with Crippen molar-refractivity contribution in [3.63, 3.8) is 0 Å². The maximum absolute atomic E-state index is 12.8. The number of alkyl halides is 3. The molecule has 7 heteroatoms. The third kappa shape index (κ3) is 3.57. The molecule has 0 N–H and O–H groups in total. The maximum Gasteiger partial charge on any atom is 0.416 e. The van der Waals surface area contributed by atoms with Crippen LogP contribution >= 0.6 is 0 Å². The van der Waals surface area contributed by atoms with Crippen molar-refractivity contribution in [2.45, 2.75) is 12.4 Å². The summed E-state index contributed by atoms with van der Waals surface area (Å²) in [5, 5.41) is 0. The van der Waals surface area contributed by atoms with Gasteiger partial charge in [-0.3, -0.25) is 0 Å². The van der Waals surface area contributed by atoms with E-state index in [-0.39, 0.29) is 6.23 Å². The molecular formula is C21H19F3N2O2. The van der Waals surface area contributed by atoms with Gasteiger partial charge >= 0.3 is 6.18 Å². The third-order valence-electron chi connectivity index (χ3n) is 4.77. The van der Waals surface area contributed by atoms with Crippen molar-refractivity contribution in [2.24, 2.45) is 0 Å². The Kier molecular flexibility index (Phi) is 4.77. The van der Waals surface area contributed by atoms with Gasteiger partial charge in [0.25, 0.3) is 0 Å². The number of nitrogens with zero attached hydrogens (tertiary/aromatic N) is 2. The van der Waals surface area contributed by atoms with Crippen molar-refractivity contribution in [1.29, 1.82) is 0 Å². The smallest absolute Gasteiger partial charge is 0.416 e. The Morgan fingerprint density at radius 3 is 2.54 bits per heavy atom. The number of aromatic nitrogens is 1. The largest absolute Gasteiger partial charge is 0.497 e. The lowest BCUT2D eigenvalue weighted by atomic mass is 10.2. The van der Waals surface area contributed by atoms with E-state index in [1.807, 2.05) is 42.7 Å². The molecule has 0 amide bonds. The molecule has 146 valence electrons. The lowest BCUT2D eigenvalue weighted by molar-refractivity contribution is -0.137. The average molecular weight is 388 g/mol. The Morgan fingerprint density at radius 2 is 1.82 bits per heavy atom. The minimum absolute atomic E-state index is 0.261. The SMILES string of the molecule is COc1cccc(N2CCO[C@@H]2c2ccn(-c3ccc(C(F)(F)F)cc3)c2)c1. The summed E-state index contributed by atoms with van der Waals surface area (Å²) in [6, 6.07) is 14.8. The normalized spacial score (nSPS) is 17.1. The van der Waals surface area contributed by atoms with E-state index in [0.29, 0.717) is 12.3 Å². The molecule has 1 atom stereocenters. The van der Waals surface area contributed by atoms with Crippen molar-refractivity contribution >= 4 is 5.69 Å². The highest BCUT2D eigenvalue weighted by Gasteiger charge is 2.30. The average Bonchev–Trinajstić information content (AvgIpc) is 3.37. The first-order chi connectivity index (χ1) is 13.5. The molecule has 1 aliphatic rings. The van der Waals surface area contributed by atoms with Gasteiger partial charge in [0.1, 0.15) is 5.75 Å². The van der Waals surface area contributed by atoms with Crippen LogP contribution in [0.25, 0.3) is 5.69 Å². The van der Waals surface area contributed by atoms with E-state index in [0.717, 1.165) is 35.7 Å². The summed E-state index contributed by atoms with van der Waals surface area (Å²) in [5.41, 5.74) is 1.92. The van der Waals surface area contributed by atoms with Crippen molar-refractivity contribution in [3.05, 3.63) is 78.1 Å². The molecule has 1 saturated heterocycles. The number of hydrogen-bond acceptors (Lipinski definition) is 3. The van der Waals surface area contributed by atoms with E-state index in [9.17, 15) is 13.2 Å². The summed E-state index contributed by atoms with van der Waals surface area (Å²) in [6.45, 7) is 1.33. The summed E-state index contributed by atoms with van der Waals surface area (Å²) in [7, 11) is 1.63. The van der Waals surface area contributed by atoms with E-state index in [1.54, 1.807) is 11.7 Å². The monoisotopic (exact) mass is 388 g/mol. The van der Waals surface area contributed by atoms with Crippen molar-refractivity contribution in [2.75, 3.05) is 25.2 Å². The Hall–Kier alpha value is -2.93. The van der Waals surface area contributed by atoms with Crippen LogP contribution < -0.4 is 9.64 Å². The van der Waals surface area contributed by atoms with E-state index in [2.05, 4.69) is 4.90 Å². The standard InChI is InChI=1S/C21H19F3N2O2/c1-27-19-4-2-3-18(13-19)26-11-12-28-20(26)15-9-10-25(14-15)17-7-5-16(6-8-17)21(22,23)24/h2-10,13-14,20H,11-12H2,1H3/t20-/m1/s1. The minimum atomic E-state index is -4.34. The number of rotatable bonds is 4. The zero-order chi connectivity index (χ0) is 19.7. The first kappa shape index (κ1) is 18.4. The number of benzene rings is 2. The first-order valence-corrected chi connectivity index (χ1v) is 8.83. The van der Waals surface area contributed by atoms with Crippen LogP contribution in [0.3, 0.4) is 0 Å². The zero-order valence-electron chi connectivity index (χ0n) is 15.2. The highest BCUT2D eigenvalue weighted by Crippen LogP contribution is 2.34. The van der Waals surface area contributed by atoms with Gasteiger partial charge in [-0.15, -0.1) is 0 Å².